The van der Waals surface area contributed by atoms with Crippen molar-refractivity contribution in [3.63, 3.8) is 0 Å². The fourth-order valence-electron chi connectivity index (χ4n) is 4.13. The van der Waals surface area contributed by atoms with E-state index in [9.17, 15) is 13.2 Å². The molecule has 2 aliphatic rings. The van der Waals surface area contributed by atoms with Crippen LogP contribution >= 0.6 is 11.3 Å². The number of nitrogens with zero attached hydrogens (tertiary/aromatic N) is 4. The number of sulfonamides is 1. The molecular formula is C22H30N4O4S2. The SMILES string of the molecule is CCc1ccc(C(=O)N2CCCN(c3nc(C)cs3)CC2)cc1S(=O)(=O)N1CCOCC1. The lowest BCUT2D eigenvalue weighted by Crippen LogP contribution is -2.41. The average molecular weight is 479 g/mol. The van der Waals surface area contributed by atoms with E-state index in [1.54, 1.807) is 29.5 Å². The molecular weight excluding hydrogens is 448 g/mol. The fourth-order valence-corrected chi connectivity index (χ4v) is 6.71. The Morgan fingerprint density at radius 2 is 1.91 bits per heavy atom. The van der Waals surface area contributed by atoms with E-state index >= 15 is 0 Å². The summed E-state index contributed by atoms with van der Waals surface area (Å²) in [6, 6.07) is 5.11. The zero-order valence-electron chi connectivity index (χ0n) is 18.6. The van der Waals surface area contributed by atoms with Crippen molar-refractivity contribution >= 4 is 32.4 Å². The van der Waals surface area contributed by atoms with E-state index in [0.717, 1.165) is 29.4 Å². The number of anilines is 1. The number of benzene rings is 1. The largest absolute Gasteiger partial charge is 0.379 e. The van der Waals surface area contributed by atoms with Crippen molar-refractivity contribution in [1.29, 1.82) is 0 Å². The van der Waals surface area contributed by atoms with E-state index in [-0.39, 0.29) is 10.8 Å². The second-order valence-corrected chi connectivity index (χ2v) is 10.8. The Morgan fingerprint density at radius 3 is 2.59 bits per heavy atom. The Morgan fingerprint density at radius 1 is 1.12 bits per heavy atom. The molecule has 0 radical (unpaired) electrons. The summed E-state index contributed by atoms with van der Waals surface area (Å²) in [5, 5.41) is 3.03. The van der Waals surface area contributed by atoms with Gasteiger partial charge in [0, 0.05) is 50.2 Å². The molecule has 10 heteroatoms. The van der Waals surface area contributed by atoms with E-state index in [1.165, 1.54) is 4.31 Å². The topological polar surface area (TPSA) is 83.1 Å². The molecule has 32 heavy (non-hydrogen) atoms. The average Bonchev–Trinajstić information content (AvgIpc) is 3.10. The van der Waals surface area contributed by atoms with Crippen LogP contribution in [0, 0.1) is 6.92 Å². The van der Waals surface area contributed by atoms with Gasteiger partial charge in [-0.25, -0.2) is 13.4 Å². The van der Waals surface area contributed by atoms with Crippen LogP contribution in [0.1, 0.15) is 35.0 Å². The minimum atomic E-state index is -3.67. The molecule has 0 bridgehead atoms. The van der Waals surface area contributed by atoms with Gasteiger partial charge >= 0.3 is 0 Å². The third-order valence-corrected chi connectivity index (χ3v) is 8.94. The predicted octanol–water partition coefficient (Wildman–Crippen LogP) is 2.39. The van der Waals surface area contributed by atoms with Gasteiger partial charge in [-0.15, -0.1) is 11.3 Å². The van der Waals surface area contributed by atoms with Gasteiger partial charge in [0.2, 0.25) is 10.0 Å². The summed E-state index contributed by atoms with van der Waals surface area (Å²) in [4.78, 5) is 22.2. The lowest BCUT2D eigenvalue weighted by molar-refractivity contribution is 0.0729. The van der Waals surface area contributed by atoms with Crippen molar-refractivity contribution in [3.8, 4) is 0 Å². The number of thiazole rings is 1. The van der Waals surface area contributed by atoms with Gasteiger partial charge in [-0.1, -0.05) is 13.0 Å². The molecule has 0 aliphatic carbocycles. The monoisotopic (exact) mass is 478 g/mol. The van der Waals surface area contributed by atoms with Gasteiger partial charge in [0.05, 0.1) is 23.8 Å². The van der Waals surface area contributed by atoms with Crippen LogP contribution in [0.4, 0.5) is 5.13 Å². The summed E-state index contributed by atoms with van der Waals surface area (Å²) < 4.78 is 33.4. The third kappa shape index (κ3) is 4.83. The normalized spacial score (nSPS) is 18.6. The summed E-state index contributed by atoms with van der Waals surface area (Å²) in [6.45, 7) is 8.15. The molecule has 8 nitrogen and oxygen atoms in total. The van der Waals surface area contributed by atoms with Gasteiger partial charge in [-0.05, 0) is 37.5 Å². The highest BCUT2D eigenvalue weighted by atomic mass is 32.2. The maximum Gasteiger partial charge on any atom is 0.253 e. The molecule has 1 amide bonds. The zero-order chi connectivity index (χ0) is 22.7. The molecule has 2 saturated heterocycles. The molecule has 0 N–H and O–H groups in total. The minimum absolute atomic E-state index is 0.122. The van der Waals surface area contributed by atoms with Crippen LogP contribution in [0.25, 0.3) is 0 Å². The summed E-state index contributed by atoms with van der Waals surface area (Å²) in [6.07, 6.45) is 1.43. The number of morpholine rings is 1. The number of hydrogen-bond acceptors (Lipinski definition) is 7. The van der Waals surface area contributed by atoms with E-state index in [1.807, 2.05) is 24.1 Å². The standard InChI is InChI=1S/C22H30N4O4S2/c1-3-18-5-6-19(15-20(18)32(28,29)26-11-13-30-14-12-26)21(27)24-7-4-8-25(10-9-24)22-23-17(2)16-31-22/h5-6,15-16H,3-4,7-14H2,1-2H3. The molecule has 0 unspecified atom stereocenters. The lowest BCUT2D eigenvalue weighted by atomic mass is 10.1. The van der Waals surface area contributed by atoms with E-state index < -0.39 is 10.0 Å². The highest BCUT2D eigenvalue weighted by Crippen LogP contribution is 2.25. The number of aromatic nitrogens is 1. The Kier molecular flexibility index (Phi) is 7.14. The third-order valence-electron chi connectivity index (χ3n) is 5.94. The fraction of sp³-hybridized carbons (Fsp3) is 0.545. The summed E-state index contributed by atoms with van der Waals surface area (Å²) in [5.41, 5.74) is 2.16. The van der Waals surface area contributed by atoms with Crippen LogP contribution < -0.4 is 4.90 Å². The van der Waals surface area contributed by atoms with Gasteiger partial charge in [-0.2, -0.15) is 4.31 Å². The van der Waals surface area contributed by atoms with Crippen molar-refractivity contribution in [1.82, 2.24) is 14.2 Å². The molecule has 0 spiro atoms. The van der Waals surface area contributed by atoms with Gasteiger partial charge in [0.25, 0.3) is 5.91 Å². The number of hydrogen-bond donors (Lipinski definition) is 0. The molecule has 2 aliphatic heterocycles. The minimum Gasteiger partial charge on any atom is -0.379 e. The van der Waals surface area contributed by atoms with Crippen LogP contribution in [0.15, 0.2) is 28.5 Å². The molecule has 1 aromatic heterocycles. The van der Waals surface area contributed by atoms with E-state index in [0.29, 0.717) is 57.9 Å². The first-order valence-corrected chi connectivity index (χ1v) is 13.4. The molecule has 4 rings (SSSR count). The second kappa shape index (κ2) is 9.86. The van der Waals surface area contributed by atoms with Gasteiger partial charge in [-0.3, -0.25) is 4.79 Å². The summed E-state index contributed by atoms with van der Waals surface area (Å²) in [5.74, 6) is -0.122. The molecule has 0 atom stereocenters. The van der Waals surface area contributed by atoms with Crippen molar-refractivity contribution < 1.29 is 17.9 Å². The summed E-state index contributed by atoms with van der Waals surface area (Å²) >= 11 is 1.62. The maximum atomic E-state index is 13.3. The van der Waals surface area contributed by atoms with Crippen molar-refractivity contribution in [2.24, 2.45) is 0 Å². The maximum absolute atomic E-state index is 13.3. The molecule has 0 saturated carbocycles. The van der Waals surface area contributed by atoms with Crippen LogP contribution in [0.3, 0.4) is 0 Å². The molecule has 1 aromatic carbocycles. The second-order valence-electron chi connectivity index (χ2n) is 8.10. The summed E-state index contributed by atoms with van der Waals surface area (Å²) in [7, 11) is -3.67. The van der Waals surface area contributed by atoms with Crippen LogP contribution in [0.2, 0.25) is 0 Å². The quantitative estimate of drug-likeness (QED) is 0.656. The Bertz CT molecular complexity index is 1060. The van der Waals surface area contributed by atoms with Crippen LogP contribution in [-0.4, -0.2) is 81.0 Å². The van der Waals surface area contributed by atoms with Crippen molar-refractivity contribution in [3.05, 3.63) is 40.4 Å². The molecule has 174 valence electrons. The number of rotatable bonds is 5. The zero-order valence-corrected chi connectivity index (χ0v) is 20.3. The first-order valence-electron chi connectivity index (χ1n) is 11.1. The van der Waals surface area contributed by atoms with Gasteiger partial charge in [0.15, 0.2) is 5.13 Å². The molecule has 2 fully saturated rings. The van der Waals surface area contributed by atoms with Crippen molar-refractivity contribution in [2.45, 2.75) is 31.6 Å². The highest BCUT2D eigenvalue weighted by Gasteiger charge is 2.30. The van der Waals surface area contributed by atoms with Gasteiger partial charge in [0.1, 0.15) is 0 Å². The number of carbonyl (C=O) groups excluding carboxylic acids is 1. The smallest absolute Gasteiger partial charge is 0.253 e. The first kappa shape index (κ1) is 23.2. The first-order chi connectivity index (χ1) is 15.4. The highest BCUT2D eigenvalue weighted by molar-refractivity contribution is 7.89. The Hall–Kier alpha value is -2.01. The van der Waals surface area contributed by atoms with Crippen molar-refractivity contribution in [2.75, 3.05) is 57.4 Å². The van der Waals surface area contributed by atoms with Crippen LogP contribution in [0.5, 0.6) is 0 Å². The predicted molar refractivity (Wildman–Crippen MR) is 125 cm³/mol. The van der Waals surface area contributed by atoms with Gasteiger partial charge < -0.3 is 14.5 Å². The molecule has 2 aromatic rings. The molecule has 3 heterocycles. The Balaban J connectivity index is 1.54. The van der Waals surface area contributed by atoms with E-state index in [2.05, 4.69) is 9.88 Å². The number of ether oxygens (including phenoxy) is 1. The number of amides is 1. The number of aryl methyl sites for hydroxylation is 2. The Labute approximate surface area is 193 Å². The lowest BCUT2D eigenvalue weighted by Gasteiger charge is -2.27. The van der Waals surface area contributed by atoms with Crippen LogP contribution in [-0.2, 0) is 21.2 Å². The van der Waals surface area contributed by atoms with E-state index in [4.69, 9.17) is 4.74 Å². The number of carbonyl (C=O) groups is 1.